The van der Waals surface area contributed by atoms with Crippen LogP contribution in [0.15, 0.2) is 18.2 Å². The van der Waals surface area contributed by atoms with Crippen LogP contribution in [0.25, 0.3) is 0 Å². The molecule has 0 spiro atoms. The number of alkyl carbamates (subject to hydrolysis) is 1. The van der Waals surface area contributed by atoms with Gasteiger partial charge in [0.1, 0.15) is 11.4 Å². The number of anilines is 2. The maximum atomic E-state index is 14.2. The summed E-state index contributed by atoms with van der Waals surface area (Å²) in [6.45, 7) is 11.1. The van der Waals surface area contributed by atoms with Gasteiger partial charge >= 0.3 is 6.09 Å². The minimum absolute atomic E-state index is 0.234. The number of nitrogens with zero attached hydrogens (tertiary/aromatic N) is 2. The van der Waals surface area contributed by atoms with Crippen molar-refractivity contribution in [3.63, 3.8) is 0 Å². The van der Waals surface area contributed by atoms with Crippen molar-refractivity contribution >= 4 is 17.5 Å². The van der Waals surface area contributed by atoms with E-state index in [9.17, 15) is 9.18 Å². The van der Waals surface area contributed by atoms with Crippen molar-refractivity contribution in [3.05, 3.63) is 24.0 Å². The van der Waals surface area contributed by atoms with E-state index in [1.165, 1.54) is 18.9 Å². The molecule has 1 heterocycles. The number of nitrogens with one attached hydrogen (secondary N) is 1. The highest BCUT2D eigenvalue weighted by Gasteiger charge is 2.26. The third-order valence-electron chi connectivity index (χ3n) is 6.10. The van der Waals surface area contributed by atoms with Crippen molar-refractivity contribution in [2.24, 2.45) is 11.8 Å². The van der Waals surface area contributed by atoms with Gasteiger partial charge in [0.15, 0.2) is 0 Å². The molecular formula is C23H37FN4O2. The highest BCUT2D eigenvalue weighted by atomic mass is 19.1. The molecule has 1 saturated heterocycles. The maximum Gasteiger partial charge on any atom is 0.407 e. The summed E-state index contributed by atoms with van der Waals surface area (Å²) in [5, 5.41) is 2.92. The zero-order chi connectivity index (χ0) is 21.7. The number of halogens is 1. The van der Waals surface area contributed by atoms with Crippen LogP contribution in [-0.4, -0.2) is 55.9 Å². The van der Waals surface area contributed by atoms with Gasteiger partial charge in [-0.05, 0) is 76.5 Å². The van der Waals surface area contributed by atoms with Gasteiger partial charge in [0.05, 0.1) is 5.69 Å². The highest BCUT2D eigenvalue weighted by molar-refractivity contribution is 5.67. The van der Waals surface area contributed by atoms with Gasteiger partial charge in [0.25, 0.3) is 0 Å². The Hall–Kier alpha value is -2.02. The zero-order valence-electron chi connectivity index (χ0n) is 18.6. The number of rotatable bonds is 5. The lowest BCUT2D eigenvalue weighted by Crippen LogP contribution is -2.48. The molecule has 7 heteroatoms. The van der Waals surface area contributed by atoms with E-state index < -0.39 is 5.60 Å². The number of nitrogens with two attached hydrogens (primary N) is 1. The number of benzene rings is 1. The average Bonchev–Trinajstić information content (AvgIpc) is 2.67. The number of hydrogen-bond acceptors (Lipinski definition) is 5. The summed E-state index contributed by atoms with van der Waals surface area (Å²) in [6, 6.07) is 4.95. The van der Waals surface area contributed by atoms with Crippen LogP contribution < -0.4 is 16.0 Å². The Balaban J connectivity index is 1.34. The van der Waals surface area contributed by atoms with Gasteiger partial charge in [0, 0.05) is 45.0 Å². The van der Waals surface area contributed by atoms with E-state index in [1.54, 1.807) is 12.1 Å². The average molecular weight is 421 g/mol. The Bertz CT molecular complexity index is 706. The molecule has 0 unspecified atom stereocenters. The van der Waals surface area contributed by atoms with E-state index in [0.717, 1.165) is 45.6 Å². The standard InChI is InChI=1S/C23H37FN4O2/c1-23(2,3)30-22(29)26-15-17-4-6-18(7-5-17)16-27-10-12-28(13-11-27)21-9-8-19(25)14-20(21)24/h8-9,14,17-18H,4-7,10-13,15-16,25H2,1-3H3,(H,26,29). The van der Waals surface area contributed by atoms with Crippen molar-refractivity contribution in [3.8, 4) is 0 Å². The molecule has 2 aliphatic rings. The fourth-order valence-corrected chi connectivity index (χ4v) is 4.48. The van der Waals surface area contributed by atoms with Gasteiger partial charge in [-0.3, -0.25) is 4.90 Å². The number of piperazine rings is 1. The fourth-order valence-electron chi connectivity index (χ4n) is 4.48. The van der Waals surface area contributed by atoms with Crippen molar-refractivity contribution in [1.82, 2.24) is 10.2 Å². The van der Waals surface area contributed by atoms with E-state index in [0.29, 0.717) is 29.8 Å². The third-order valence-corrected chi connectivity index (χ3v) is 6.10. The Morgan fingerprint density at radius 2 is 1.77 bits per heavy atom. The minimum Gasteiger partial charge on any atom is -0.444 e. The van der Waals surface area contributed by atoms with Gasteiger partial charge in [-0.25, -0.2) is 9.18 Å². The molecule has 0 bridgehead atoms. The van der Waals surface area contributed by atoms with Gasteiger partial charge in [0.2, 0.25) is 0 Å². The molecular weight excluding hydrogens is 383 g/mol. The normalized spacial score (nSPS) is 23.3. The van der Waals surface area contributed by atoms with Gasteiger partial charge in [-0.2, -0.15) is 0 Å². The summed E-state index contributed by atoms with van der Waals surface area (Å²) in [5.74, 6) is 1.02. The molecule has 3 N–H and O–H groups in total. The highest BCUT2D eigenvalue weighted by Crippen LogP contribution is 2.30. The van der Waals surface area contributed by atoms with E-state index in [2.05, 4.69) is 15.1 Å². The number of nitrogen functional groups attached to an aromatic ring is 1. The first-order valence-electron chi connectivity index (χ1n) is 11.2. The van der Waals surface area contributed by atoms with Crippen LogP contribution in [-0.2, 0) is 4.74 Å². The Morgan fingerprint density at radius 3 is 2.37 bits per heavy atom. The molecule has 0 atom stereocenters. The van der Waals surface area contributed by atoms with Crippen LogP contribution in [0.5, 0.6) is 0 Å². The lowest BCUT2D eigenvalue weighted by atomic mass is 9.81. The molecule has 1 aromatic carbocycles. The summed E-state index contributed by atoms with van der Waals surface area (Å²) in [6.07, 6.45) is 4.38. The molecule has 0 radical (unpaired) electrons. The summed E-state index contributed by atoms with van der Waals surface area (Å²) < 4.78 is 19.5. The van der Waals surface area contributed by atoms with Crippen molar-refractivity contribution in [1.29, 1.82) is 0 Å². The monoisotopic (exact) mass is 420 g/mol. The summed E-state index contributed by atoms with van der Waals surface area (Å²) >= 11 is 0. The first kappa shape index (κ1) is 22.7. The molecule has 1 saturated carbocycles. The molecule has 2 fully saturated rings. The van der Waals surface area contributed by atoms with Crippen LogP contribution in [0.3, 0.4) is 0 Å². The van der Waals surface area contributed by atoms with Crippen molar-refractivity contribution in [2.45, 2.75) is 52.1 Å². The molecule has 30 heavy (non-hydrogen) atoms. The maximum absolute atomic E-state index is 14.2. The van der Waals surface area contributed by atoms with Crippen LogP contribution >= 0.6 is 0 Å². The number of amides is 1. The lowest BCUT2D eigenvalue weighted by molar-refractivity contribution is 0.0512. The van der Waals surface area contributed by atoms with Gasteiger partial charge in [-0.15, -0.1) is 0 Å². The smallest absolute Gasteiger partial charge is 0.407 e. The Morgan fingerprint density at radius 1 is 1.13 bits per heavy atom. The summed E-state index contributed by atoms with van der Waals surface area (Å²) in [4.78, 5) is 16.4. The number of ether oxygens (including phenoxy) is 1. The largest absolute Gasteiger partial charge is 0.444 e. The van der Waals surface area contributed by atoms with E-state index in [-0.39, 0.29) is 11.9 Å². The van der Waals surface area contributed by atoms with Crippen LogP contribution in [0.1, 0.15) is 46.5 Å². The van der Waals surface area contributed by atoms with Crippen LogP contribution in [0, 0.1) is 17.7 Å². The first-order valence-corrected chi connectivity index (χ1v) is 11.2. The van der Waals surface area contributed by atoms with Crippen LogP contribution in [0.4, 0.5) is 20.6 Å². The second-order valence-electron chi connectivity index (χ2n) is 9.77. The fraction of sp³-hybridized carbons (Fsp3) is 0.696. The molecule has 1 aromatic rings. The molecule has 1 aliphatic heterocycles. The molecule has 0 aromatic heterocycles. The molecule has 1 amide bonds. The summed E-state index contributed by atoms with van der Waals surface area (Å²) in [7, 11) is 0. The van der Waals surface area contributed by atoms with E-state index in [4.69, 9.17) is 10.5 Å². The predicted molar refractivity (Wildman–Crippen MR) is 119 cm³/mol. The summed E-state index contributed by atoms with van der Waals surface area (Å²) in [5.41, 5.74) is 6.32. The van der Waals surface area contributed by atoms with Gasteiger partial charge in [-0.1, -0.05) is 0 Å². The van der Waals surface area contributed by atoms with Crippen LogP contribution in [0.2, 0.25) is 0 Å². The Labute approximate surface area is 179 Å². The second kappa shape index (κ2) is 9.86. The SMILES string of the molecule is CC(C)(C)OC(=O)NCC1CCC(CN2CCN(c3ccc(N)cc3F)CC2)CC1. The minimum atomic E-state index is -0.453. The number of hydrogen-bond donors (Lipinski definition) is 2. The number of carbonyl (C=O) groups is 1. The quantitative estimate of drug-likeness (QED) is 0.708. The van der Waals surface area contributed by atoms with E-state index >= 15 is 0 Å². The lowest BCUT2D eigenvalue weighted by Gasteiger charge is -2.39. The van der Waals surface area contributed by atoms with Crippen molar-refractivity contribution in [2.75, 3.05) is 49.9 Å². The molecule has 168 valence electrons. The molecule has 3 rings (SSSR count). The van der Waals surface area contributed by atoms with E-state index in [1.807, 2.05) is 20.8 Å². The second-order valence-corrected chi connectivity index (χ2v) is 9.77. The third kappa shape index (κ3) is 6.76. The van der Waals surface area contributed by atoms with Crippen molar-refractivity contribution < 1.29 is 13.9 Å². The van der Waals surface area contributed by atoms with Gasteiger partial charge < -0.3 is 20.7 Å². The topological polar surface area (TPSA) is 70.8 Å². The molecule has 1 aliphatic carbocycles. The first-order chi connectivity index (χ1) is 14.2. The zero-order valence-corrected chi connectivity index (χ0v) is 18.6. The number of carbonyl (C=O) groups excluding carboxylic acids is 1. The Kier molecular flexibility index (Phi) is 7.45. The predicted octanol–water partition coefficient (Wildman–Crippen LogP) is 3.86. The molecule has 6 nitrogen and oxygen atoms in total.